The highest BCUT2D eigenvalue weighted by Gasteiger charge is 2.32. The summed E-state index contributed by atoms with van der Waals surface area (Å²) in [4.78, 5) is 26.6. The Morgan fingerprint density at radius 2 is 2.00 bits per heavy atom. The smallest absolute Gasteiger partial charge is 0.404 e. The van der Waals surface area contributed by atoms with Crippen molar-refractivity contribution >= 4 is 23.5 Å². The van der Waals surface area contributed by atoms with Crippen LogP contribution in [-0.4, -0.2) is 34.2 Å². The Hall–Kier alpha value is -2.31. The van der Waals surface area contributed by atoms with Gasteiger partial charge in [0.05, 0.1) is 5.69 Å². The molecule has 1 aromatic rings. The fourth-order valence-corrected chi connectivity index (χ4v) is 2.42. The molecule has 0 aromatic carbocycles. The molecule has 1 heterocycles. The minimum absolute atomic E-state index is 0.00628. The summed E-state index contributed by atoms with van der Waals surface area (Å²) in [5.74, 6) is 0.835. The van der Waals surface area contributed by atoms with Gasteiger partial charge in [-0.1, -0.05) is 0 Å². The Labute approximate surface area is 122 Å². The molecule has 2 amide bonds. The average Bonchev–Trinajstić information content (AvgIpc) is 3.22. The van der Waals surface area contributed by atoms with Crippen LogP contribution < -0.4 is 16.0 Å². The van der Waals surface area contributed by atoms with Gasteiger partial charge in [-0.15, -0.1) is 0 Å². The molecule has 0 aliphatic heterocycles. The molecule has 7 heteroatoms. The molecule has 21 heavy (non-hydrogen) atoms. The maximum atomic E-state index is 11.8. The summed E-state index contributed by atoms with van der Waals surface area (Å²) in [5, 5.41) is 17.2. The highest BCUT2D eigenvalue weighted by molar-refractivity contribution is 5.96. The van der Waals surface area contributed by atoms with Crippen molar-refractivity contribution in [2.45, 2.75) is 37.8 Å². The first kappa shape index (κ1) is 13.7. The van der Waals surface area contributed by atoms with Crippen LogP contribution in [0, 0.1) is 5.92 Å². The van der Waals surface area contributed by atoms with Crippen LogP contribution in [0.15, 0.2) is 18.3 Å². The Kier molecular flexibility index (Phi) is 3.64. The van der Waals surface area contributed by atoms with E-state index in [4.69, 9.17) is 5.11 Å². The lowest BCUT2D eigenvalue weighted by Gasteiger charge is -2.36. The van der Waals surface area contributed by atoms with E-state index >= 15 is 0 Å². The molecule has 0 bridgehead atoms. The molecule has 0 atom stereocenters. The zero-order chi connectivity index (χ0) is 14.8. The third kappa shape index (κ3) is 3.42. The molecular weight excluding hydrogens is 272 g/mol. The third-order valence-electron chi connectivity index (χ3n) is 3.82. The lowest BCUT2D eigenvalue weighted by atomic mass is 9.87. The number of hydrogen-bond donors (Lipinski definition) is 4. The first-order chi connectivity index (χ1) is 10.1. The normalized spacial score (nSPS) is 23.8. The van der Waals surface area contributed by atoms with E-state index in [1.807, 2.05) is 6.07 Å². The van der Waals surface area contributed by atoms with Gasteiger partial charge >= 0.3 is 6.09 Å². The topological polar surface area (TPSA) is 103 Å². The molecule has 3 rings (SSSR count). The van der Waals surface area contributed by atoms with Crippen LogP contribution in [0.1, 0.15) is 25.7 Å². The van der Waals surface area contributed by atoms with Gasteiger partial charge in [0, 0.05) is 24.2 Å². The van der Waals surface area contributed by atoms with Crippen molar-refractivity contribution in [2.75, 3.05) is 10.6 Å². The summed E-state index contributed by atoms with van der Waals surface area (Å²) in [6.07, 6.45) is 4.03. The van der Waals surface area contributed by atoms with Crippen molar-refractivity contribution < 1.29 is 14.7 Å². The first-order valence-electron chi connectivity index (χ1n) is 7.13. The minimum Gasteiger partial charge on any atom is -0.465 e. The molecule has 1 aromatic heterocycles. The molecule has 0 saturated heterocycles. The van der Waals surface area contributed by atoms with Gasteiger partial charge in [-0.2, -0.15) is 0 Å². The number of aromatic nitrogens is 1. The minimum atomic E-state index is -0.992. The second-order valence-electron chi connectivity index (χ2n) is 5.62. The number of nitrogens with zero attached hydrogens (tertiary/aromatic N) is 1. The summed E-state index contributed by atoms with van der Waals surface area (Å²) in [6.45, 7) is 0. The summed E-state index contributed by atoms with van der Waals surface area (Å²) in [5.41, 5.74) is 0.684. The van der Waals surface area contributed by atoms with Gasteiger partial charge in [-0.3, -0.25) is 4.79 Å². The number of rotatable bonds is 5. The molecule has 0 spiro atoms. The predicted molar refractivity (Wildman–Crippen MR) is 77.2 cm³/mol. The molecule has 0 unspecified atom stereocenters. The van der Waals surface area contributed by atoms with Crippen LogP contribution in [0.5, 0.6) is 0 Å². The van der Waals surface area contributed by atoms with Gasteiger partial charge in [0.1, 0.15) is 5.82 Å². The Balaban J connectivity index is 1.56. The predicted octanol–water partition coefficient (Wildman–Crippen LogP) is 1.64. The van der Waals surface area contributed by atoms with E-state index in [0.29, 0.717) is 11.5 Å². The van der Waals surface area contributed by atoms with E-state index in [-0.39, 0.29) is 23.9 Å². The molecule has 2 fully saturated rings. The van der Waals surface area contributed by atoms with Gasteiger partial charge < -0.3 is 21.1 Å². The van der Waals surface area contributed by atoms with Crippen molar-refractivity contribution in [3.8, 4) is 0 Å². The van der Waals surface area contributed by atoms with E-state index in [9.17, 15) is 9.59 Å². The van der Waals surface area contributed by atoms with Crippen molar-refractivity contribution in [3.05, 3.63) is 18.3 Å². The zero-order valence-corrected chi connectivity index (χ0v) is 11.5. The number of amides is 2. The molecule has 4 N–H and O–H groups in total. The molecule has 2 aliphatic rings. The van der Waals surface area contributed by atoms with E-state index in [1.165, 1.54) is 0 Å². The summed E-state index contributed by atoms with van der Waals surface area (Å²) in [6, 6.07) is 3.77. The van der Waals surface area contributed by atoms with E-state index in [1.54, 1.807) is 12.3 Å². The quantitative estimate of drug-likeness (QED) is 0.660. The number of pyridine rings is 1. The number of carbonyl (C=O) groups excluding carboxylic acids is 1. The van der Waals surface area contributed by atoms with E-state index in [0.717, 1.165) is 25.7 Å². The van der Waals surface area contributed by atoms with E-state index < -0.39 is 6.09 Å². The second-order valence-corrected chi connectivity index (χ2v) is 5.62. The van der Waals surface area contributed by atoms with Crippen molar-refractivity contribution in [1.82, 2.24) is 10.3 Å². The van der Waals surface area contributed by atoms with Gasteiger partial charge in [0.15, 0.2) is 0 Å². The summed E-state index contributed by atoms with van der Waals surface area (Å²) < 4.78 is 0. The average molecular weight is 290 g/mol. The monoisotopic (exact) mass is 290 g/mol. The number of carboxylic acid groups (broad SMARTS) is 1. The second kappa shape index (κ2) is 5.59. The van der Waals surface area contributed by atoms with Crippen LogP contribution >= 0.6 is 0 Å². The molecule has 0 radical (unpaired) electrons. The molecule has 2 aliphatic carbocycles. The molecule has 112 valence electrons. The Morgan fingerprint density at radius 3 is 2.67 bits per heavy atom. The highest BCUT2D eigenvalue weighted by atomic mass is 16.4. The maximum absolute atomic E-state index is 11.8. The molecule has 2 saturated carbocycles. The number of anilines is 2. The SMILES string of the molecule is O=C(O)NC1CC(Nc2ncccc2NC(=O)C2CC2)C1. The number of nitrogens with one attached hydrogen (secondary N) is 3. The van der Waals surface area contributed by atoms with Crippen LogP contribution in [0.4, 0.5) is 16.3 Å². The Bertz CT molecular complexity index is 553. The number of hydrogen-bond acceptors (Lipinski definition) is 4. The fourth-order valence-electron chi connectivity index (χ4n) is 2.42. The van der Waals surface area contributed by atoms with Crippen LogP contribution in [-0.2, 0) is 4.79 Å². The van der Waals surface area contributed by atoms with Gasteiger partial charge in [0.25, 0.3) is 0 Å². The highest BCUT2D eigenvalue weighted by Crippen LogP contribution is 2.32. The lowest BCUT2D eigenvalue weighted by molar-refractivity contribution is -0.117. The van der Waals surface area contributed by atoms with Gasteiger partial charge in [-0.05, 0) is 37.8 Å². The lowest BCUT2D eigenvalue weighted by Crippen LogP contribution is -2.49. The van der Waals surface area contributed by atoms with Crippen molar-refractivity contribution in [2.24, 2.45) is 5.92 Å². The van der Waals surface area contributed by atoms with Crippen LogP contribution in [0.25, 0.3) is 0 Å². The first-order valence-corrected chi connectivity index (χ1v) is 7.13. The van der Waals surface area contributed by atoms with Gasteiger partial charge in [0.2, 0.25) is 5.91 Å². The van der Waals surface area contributed by atoms with Crippen molar-refractivity contribution in [3.63, 3.8) is 0 Å². The van der Waals surface area contributed by atoms with Gasteiger partial charge in [-0.25, -0.2) is 9.78 Å². The molecular formula is C14H18N4O3. The fraction of sp³-hybridized carbons (Fsp3) is 0.500. The van der Waals surface area contributed by atoms with E-state index in [2.05, 4.69) is 20.9 Å². The summed E-state index contributed by atoms with van der Waals surface area (Å²) in [7, 11) is 0. The standard InChI is InChI=1S/C14H18N4O3/c19-13(8-3-4-8)18-11-2-1-5-15-12(11)16-9-6-10(7-9)17-14(20)21/h1-2,5,8-10,17H,3-4,6-7H2,(H,15,16)(H,18,19)(H,20,21). The molecule has 7 nitrogen and oxygen atoms in total. The number of carbonyl (C=O) groups is 2. The van der Waals surface area contributed by atoms with Crippen molar-refractivity contribution in [1.29, 1.82) is 0 Å². The third-order valence-corrected chi connectivity index (χ3v) is 3.82. The Morgan fingerprint density at radius 1 is 1.24 bits per heavy atom. The van der Waals surface area contributed by atoms with Crippen LogP contribution in [0.2, 0.25) is 0 Å². The largest absolute Gasteiger partial charge is 0.465 e. The summed E-state index contributed by atoms with van der Waals surface area (Å²) >= 11 is 0. The zero-order valence-electron chi connectivity index (χ0n) is 11.5. The van der Waals surface area contributed by atoms with Crippen LogP contribution in [0.3, 0.4) is 0 Å². The maximum Gasteiger partial charge on any atom is 0.404 e.